The molecule has 0 saturated carbocycles. The Morgan fingerprint density at radius 2 is 2.03 bits per heavy atom. The van der Waals surface area contributed by atoms with Gasteiger partial charge in [-0.15, -0.1) is 11.3 Å². The number of hydrogen-bond acceptors (Lipinski definition) is 6. The fourth-order valence-electron chi connectivity index (χ4n) is 5.62. The third-order valence-corrected chi connectivity index (χ3v) is 8.09. The van der Waals surface area contributed by atoms with Gasteiger partial charge in [0.15, 0.2) is 0 Å². The highest BCUT2D eigenvalue weighted by molar-refractivity contribution is 7.09. The Morgan fingerprint density at radius 3 is 2.67 bits per heavy atom. The lowest BCUT2D eigenvalue weighted by Crippen LogP contribution is -2.56. The van der Waals surface area contributed by atoms with Gasteiger partial charge in [-0.2, -0.15) is 0 Å². The van der Waals surface area contributed by atoms with Gasteiger partial charge in [-0.3, -0.25) is 14.6 Å². The number of piperidine rings is 1. The Morgan fingerprint density at radius 1 is 1.23 bits per heavy atom. The number of carbonyl (C=O) groups is 2. The van der Waals surface area contributed by atoms with E-state index in [4.69, 9.17) is 0 Å². The van der Waals surface area contributed by atoms with E-state index in [1.807, 2.05) is 11.6 Å². The largest absolute Gasteiger partial charge is 0.325 e. The number of imide groups is 1. The van der Waals surface area contributed by atoms with Crippen LogP contribution in [0, 0.1) is 5.92 Å². The van der Waals surface area contributed by atoms with Crippen LogP contribution in [0.1, 0.15) is 56.9 Å². The molecular weight excluding hydrogens is 398 g/mol. The lowest BCUT2D eigenvalue weighted by atomic mass is 9.75. The number of nitrogens with one attached hydrogen (secondary N) is 1. The topological polar surface area (TPSA) is 68.8 Å². The molecule has 0 aromatic carbocycles. The zero-order valence-corrected chi connectivity index (χ0v) is 19.1. The van der Waals surface area contributed by atoms with Crippen molar-refractivity contribution < 1.29 is 9.59 Å². The molecule has 8 heteroatoms. The zero-order chi connectivity index (χ0) is 21.1. The van der Waals surface area contributed by atoms with Crippen molar-refractivity contribution >= 4 is 23.3 Å². The van der Waals surface area contributed by atoms with E-state index in [2.05, 4.69) is 34.1 Å². The molecule has 3 fully saturated rings. The van der Waals surface area contributed by atoms with Gasteiger partial charge in [0, 0.05) is 24.2 Å². The highest BCUT2D eigenvalue weighted by Crippen LogP contribution is 2.37. The van der Waals surface area contributed by atoms with E-state index in [1.165, 1.54) is 11.3 Å². The summed E-state index contributed by atoms with van der Waals surface area (Å²) >= 11 is 1.69. The molecule has 0 spiro atoms. The van der Waals surface area contributed by atoms with Crippen LogP contribution < -0.4 is 5.32 Å². The Bertz CT molecular complexity index is 734. The number of carbonyl (C=O) groups excluding carboxylic acids is 2. The minimum Gasteiger partial charge on any atom is -0.323 e. The Balaban J connectivity index is 1.39. The molecule has 0 bridgehead atoms. The molecule has 2 unspecified atom stereocenters. The molecule has 3 saturated heterocycles. The third-order valence-electron chi connectivity index (χ3n) is 7.33. The Kier molecular flexibility index (Phi) is 6.75. The molecule has 4 heterocycles. The van der Waals surface area contributed by atoms with Crippen molar-refractivity contribution in [3.05, 3.63) is 16.6 Å². The van der Waals surface area contributed by atoms with Crippen LogP contribution in [-0.2, 0) is 11.3 Å². The van der Waals surface area contributed by atoms with Crippen LogP contribution in [0.4, 0.5) is 4.79 Å². The van der Waals surface area contributed by atoms with Crippen LogP contribution in [-0.4, -0.2) is 76.4 Å². The van der Waals surface area contributed by atoms with Crippen molar-refractivity contribution in [3.8, 4) is 0 Å². The van der Waals surface area contributed by atoms with Gasteiger partial charge in [-0.1, -0.05) is 13.3 Å². The molecule has 1 aromatic heterocycles. The van der Waals surface area contributed by atoms with E-state index < -0.39 is 5.54 Å². The molecule has 3 aliphatic rings. The molecule has 30 heavy (non-hydrogen) atoms. The van der Waals surface area contributed by atoms with Crippen LogP contribution >= 0.6 is 11.3 Å². The summed E-state index contributed by atoms with van der Waals surface area (Å²) in [7, 11) is 2.14. The summed E-state index contributed by atoms with van der Waals surface area (Å²) in [5.41, 5.74) is -0.708. The van der Waals surface area contributed by atoms with Crippen molar-refractivity contribution in [1.82, 2.24) is 25.0 Å². The second kappa shape index (κ2) is 9.32. The van der Waals surface area contributed by atoms with E-state index in [9.17, 15) is 9.59 Å². The molecule has 4 rings (SSSR count). The van der Waals surface area contributed by atoms with Crippen molar-refractivity contribution in [2.45, 2.75) is 70.0 Å². The second-order valence-corrected chi connectivity index (χ2v) is 10.1. The number of aromatic nitrogens is 1. The fraction of sp³-hybridized carbons (Fsp3) is 0.773. The summed E-state index contributed by atoms with van der Waals surface area (Å²) < 4.78 is 0. The number of amides is 3. The molecule has 0 aliphatic carbocycles. The van der Waals surface area contributed by atoms with Gasteiger partial charge >= 0.3 is 6.03 Å². The third kappa shape index (κ3) is 4.27. The molecule has 3 aliphatic heterocycles. The summed E-state index contributed by atoms with van der Waals surface area (Å²) in [6.07, 6.45) is 8.61. The summed E-state index contributed by atoms with van der Waals surface area (Å²) in [6.45, 7) is 6.54. The first-order valence-electron chi connectivity index (χ1n) is 11.5. The first kappa shape index (κ1) is 21.7. The van der Waals surface area contributed by atoms with E-state index >= 15 is 0 Å². The van der Waals surface area contributed by atoms with Gasteiger partial charge in [0.1, 0.15) is 10.5 Å². The predicted octanol–water partition coefficient (Wildman–Crippen LogP) is 2.93. The van der Waals surface area contributed by atoms with Gasteiger partial charge in [0.2, 0.25) is 0 Å². The number of likely N-dealkylation sites (tertiary alicyclic amines) is 2. The highest BCUT2D eigenvalue weighted by Gasteiger charge is 2.55. The number of rotatable bonds is 8. The number of thiazole rings is 1. The first-order valence-corrected chi connectivity index (χ1v) is 12.4. The van der Waals surface area contributed by atoms with Crippen LogP contribution in [0.25, 0.3) is 0 Å². The Labute approximate surface area is 183 Å². The standard InChI is InChI=1S/C22H35N5O2S/c1-3-9-22(17-6-12-26(13-7-17)16-19-23-10-15-30-19)20(28)27(21(29)24-22)14-8-18-5-4-11-25(18)2/h10,15,17-18H,3-9,11-14,16H2,1-2H3,(H,24,29). The SMILES string of the molecule is CCCC1(C2CCN(Cc3nccs3)CC2)NC(=O)N(CCC2CCCN2C)C1=O. The van der Waals surface area contributed by atoms with Gasteiger partial charge < -0.3 is 10.2 Å². The lowest BCUT2D eigenvalue weighted by molar-refractivity contribution is -0.134. The normalized spacial score (nSPS) is 29.1. The minimum absolute atomic E-state index is 0.0216. The summed E-state index contributed by atoms with van der Waals surface area (Å²) in [5.74, 6) is 0.231. The van der Waals surface area contributed by atoms with Gasteiger partial charge in [0.25, 0.3) is 5.91 Å². The molecule has 0 radical (unpaired) electrons. The maximum atomic E-state index is 13.6. The van der Waals surface area contributed by atoms with Crippen molar-refractivity contribution in [1.29, 1.82) is 0 Å². The lowest BCUT2D eigenvalue weighted by Gasteiger charge is -2.40. The molecule has 1 N–H and O–H groups in total. The summed E-state index contributed by atoms with van der Waals surface area (Å²) in [5, 5.41) is 6.34. The smallest absolute Gasteiger partial charge is 0.323 e. The number of urea groups is 1. The van der Waals surface area contributed by atoms with Gasteiger partial charge in [-0.25, -0.2) is 9.78 Å². The molecule has 7 nitrogen and oxygen atoms in total. The van der Waals surface area contributed by atoms with Gasteiger partial charge in [0.05, 0.1) is 6.54 Å². The van der Waals surface area contributed by atoms with E-state index in [0.717, 1.165) is 69.7 Å². The quantitative estimate of drug-likeness (QED) is 0.639. The Hall–Kier alpha value is -1.51. The maximum absolute atomic E-state index is 13.6. The first-order chi connectivity index (χ1) is 14.5. The van der Waals surface area contributed by atoms with E-state index in [-0.39, 0.29) is 17.9 Å². The zero-order valence-electron chi connectivity index (χ0n) is 18.3. The van der Waals surface area contributed by atoms with E-state index in [0.29, 0.717) is 12.6 Å². The highest BCUT2D eigenvalue weighted by atomic mass is 32.1. The number of hydrogen-bond donors (Lipinski definition) is 1. The molecule has 3 amide bonds. The van der Waals surface area contributed by atoms with Gasteiger partial charge in [-0.05, 0) is 71.1 Å². The van der Waals surface area contributed by atoms with Crippen molar-refractivity contribution in [2.75, 3.05) is 33.2 Å². The molecule has 1 aromatic rings. The number of nitrogens with zero attached hydrogens (tertiary/aromatic N) is 4. The molecular formula is C22H35N5O2S. The molecule has 2 atom stereocenters. The monoisotopic (exact) mass is 433 g/mol. The van der Waals surface area contributed by atoms with Crippen LogP contribution in [0.3, 0.4) is 0 Å². The van der Waals surface area contributed by atoms with Crippen molar-refractivity contribution in [3.63, 3.8) is 0 Å². The minimum atomic E-state index is -0.708. The molecule has 166 valence electrons. The van der Waals surface area contributed by atoms with Crippen LogP contribution in [0.5, 0.6) is 0 Å². The van der Waals surface area contributed by atoms with Crippen molar-refractivity contribution in [2.24, 2.45) is 5.92 Å². The maximum Gasteiger partial charge on any atom is 0.325 e. The average Bonchev–Trinajstić information content (AvgIpc) is 3.44. The fourth-order valence-corrected chi connectivity index (χ4v) is 6.28. The average molecular weight is 434 g/mol. The summed E-state index contributed by atoms with van der Waals surface area (Å²) in [4.78, 5) is 37.1. The van der Waals surface area contributed by atoms with Crippen LogP contribution in [0.15, 0.2) is 11.6 Å². The van der Waals surface area contributed by atoms with E-state index in [1.54, 1.807) is 11.3 Å². The second-order valence-electron chi connectivity index (χ2n) is 9.15. The van der Waals surface area contributed by atoms with Crippen LogP contribution in [0.2, 0.25) is 0 Å². The predicted molar refractivity (Wildman–Crippen MR) is 118 cm³/mol. The summed E-state index contributed by atoms with van der Waals surface area (Å²) in [6, 6.07) is 0.306.